The Balaban J connectivity index is 2.39. The van der Waals surface area contributed by atoms with Crippen molar-refractivity contribution in [3.8, 4) is 0 Å². The molecule has 0 fully saturated rings. The lowest BCUT2D eigenvalue weighted by molar-refractivity contribution is -0.107. The Hall–Kier alpha value is -1.06. The minimum atomic E-state index is -0.396. The fourth-order valence-corrected chi connectivity index (χ4v) is 2.65. The fourth-order valence-electron chi connectivity index (χ4n) is 1.85. The van der Waals surface area contributed by atoms with Gasteiger partial charge < -0.3 is 5.11 Å². The average molecular weight is 306 g/mol. The second-order valence-electron chi connectivity index (χ2n) is 6.30. The maximum atomic E-state index is 12.0. The fraction of sp³-hybridized carbons (Fsp3) is 0.500. The van der Waals surface area contributed by atoms with Crippen LogP contribution in [0.15, 0.2) is 42.0 Å². The van der Waals surface area contributed by atoms with Gasteiger partial charge in [0.15, 0.2) is 0 Å². The van der Waals surface area contributed by atoms with Crippen molar-refractivity contribution in [1.29, 1.82) is 0 Å². The maximum absolute atomic E-state index is 12.0. The Bertz CT molecular complexity index is 472. The van der Waals surface area contributed by atoms with Gasteiger partial charge in [0.1, 0.15) is 0 Å². The number of rotatable bonds is 6. The summed E-state index contributed by atoms with van der Waals surface area (Å²) in [4.78, 5) is 12.0. The van der Waals surface area contributed by atoms with E-state index in [0.29, 0.717) is 12.8 Å². The zero-order chi connectivity index (χ0) is 15.9. The van der Waals surface area contributed by atoms with E-state index in [-0.39, 0.29) is 9.86 Å². The van der Waals surface area contributed by atoms with E-state index < -0.39 is 6.10 Å². The lowest BCUT2D eigenvalue weighted by Gasteiger charge is -2.16. The molecule has 0 radical (unpaired) electrons. The molecular formula is C18H26O2S. The lowest BCUT2D eigenvalue weighted by atomic mass is 10.0. The van der Waals surface area contributed by atoms with E-state index in [2.05, 4.69) is 12.1 Å². The second kappa shape index (κ2) is 8.40. The van der Waals surface area contributed by atoms with Gasteiger partial charge in [0.2, 0.25) is 5.12 Å². The van der Waals surface area contributed by atoms with E-state index in [4.69, 9.17) is 0 Å². The number of carbonyl (C=O) groups excluding carboxylic acids is 1. The van der Waals surface area contributed by atoms with E-state index in [9.17, 15) is 9.90 Å². The highest BCUT2D eigenvalue weighted by molar-refractivity contribution is 8.15. The molecule has 1 atom stereocenters. The highest BCUT2D eigenvalue weighted by Gasteiger charge is 2.17. The largest absolute Gasteiger partial charge is 0.393 e. The van der Waals surface area contributed by atoms with Gasteiger partial charge in [-0.3, -0.25) is 4.79 Å². The molecule has 0 bridgehead atoms. The molecule has 0 spiro atoms. The molecule has 0 saturated heterocycles. The summed E-state index contributed by atoms with van der Waals surface area (Å²) >= 11 is 1.34. The Labute approximate surface area is 132 Å². The predicted octanol–water partition coefficient (Wildman–Crippen LogP) is 4.37. The van der Waals surface area contributed by atoms with Gasteiger partial charge in [-0.1, -0.05) is 68.9 Å². The van der Waals surface area contributed by atoms with Crippen LogP contribution in [0.4, 0.5) is 0 Å². The molecule has 0 aliphatic carbocycles. The summed E-state index contributed by atoms with van der Waals surface area (Å²) < 4.78 is -0.0713. The quantitative estimate of drug-likeness (QED) is 0.793. The number of benzene rings is 1. The number of hydrogen-bond acceptors (Lipinski definition) is 3. The summed E-state index contributed by atoms with van der Waals surface area (Å²) in [6, 6.07) is 10.1. The topological polar surface area (TPSA) is 37.3 Å². The summed E-state index contributed by atoms with van der Waals surface area (Å²) in [5.74, 6) is 0. The minimum absolute atomic E-state index is 0.0713. The number of thioether (sulfide) groups is 1. The summed E-state index contributed by atoms with van der Waals surface area (Å²) in [7, 11) is 0. The van der Waals surface area contributed by atoms with Gasteiger partial charge in [-0.2, -0.15) is 0 Å². The molecule has 3 heteroatoms. The van der Waals surface area contributed by atoms with Crippen molar-refractivity contribution in [2.45, 2.75) is 57.8 Å². The number of hydrogen-bond donors (Lipinski definition) is 1. The molecular weight excluding hydrogens is 280 g/mol. The van der Waals surface area contributed by atoms with Crippen LogP contribution in [0.5, 0.6) is 0 Å². The molecule has 116 valence electrons. The second-order valence-corrected chi connectivity index (χ2v) is 8.10. The van der Waals surface area contributed by atoms with Crippen molar-refractivity contribution < 1.29 is 9.90 Å². The van der Waals surface area contributed by atoms with E-state index in [0.717, 1.165) is 12.0 Å². The van der Waals surface area contributed by atoms with E-state index >= 15 is 0 Å². The van der Waals surface area contributed by atoms with Crippen LogP contribution in [0.2, 0.25) is 0 Å². The standard InChI is InChI=1S/C18H26O2S/c1-14(17(20)21-18(2,3)4)10-12-16(19)13-11-15-8-6-5-7-9-15/h5-10,16,19H,11-13H2,1-4H3/b14-10+/t16-/m0/s1. The van der Waals surface area contributed by atoms with Crippen molar-refractivity contribution in [2.24, 2.45) is 0 Å². The van der Waals surface area contributed by atoms with Gasteiger partial charge in [0.05, 0.1) is 6.10 Å². The third-order valence-corrected chi connectivity index (χ3v) is 4.15. The van der Waals surface area contributed by atoms with Crippen LogP contribution in [0, 0.1) is 0 Å². The maximum Gasteiger partial charge on any atom is 0.215 e. The first-order valence-corrected chi connectivity index (χ1v) is 8.21. The normalized spacial score (nSPS) is 14.0. The van der Waals surface area contributed by atoms with Crippen molar-refractivity contribution in [1.82, 2.24) is 0 Å². The molecule has 0 aliphatic rings. The van der Waals surface area contributed by atoms with Gasteiger partial charge in [-0.15, -0.1) is 0 Å². The number of aliphatic hydroxyl groups excluding tert-OH is 1. The monoisotopic (exact) mass is 306 g/mol. The SMILES string of the molecule is C/C(=C\C[C@H](O)CCc1ccccc1)C(=O)SC(C)(C)C. The minimum Gasteiger partial charge on any atom is -0.393 e. The van der Waals surface area contributed by atoms with E-state index in [1.165, 1.54) is 17.3 Å². The molecule has 0 saturated carbocycles. The Morgan fingerprint density at radius 1 is 1.29 bits per heavy atom. The molecule has 1 aromatic carbocycles. The Morgan fingerprint density at radius 2 is 1.90 bits per heavy atom. The molecule has 0 aliphatic heterocycles. The number of carbonyl (C=O) groups is 1. The first-order chi connectivity index (χ1) is 9.78. The molecule has 2 nitrogen and oxygen atoms in total. The van der Waals surface area contributed by atoms with E-state index in [1.54, 1.807) is 0 Å². The molecule has 0 amide bonds. The smallest absolute Gasteiger partial charge is 0.215 e. The number of aliphatic hydroxyl groups is 1. The third kappa shape index (κ3) is 8.08. The highest BCUT2D eigenvalue weighted by atomic mass is 32.2. The summed E-state index contributed by atoms with van der Waals surface area (Å²) in [5, 5.41) is 10.1. The average Bonchev–Trinajstić information content (AvgIpc) is 2.41. The molecule has 0 aromatic heterocycles. The molecule has 1 aromatic rings. The van der Waals surface area contributed by atoms with Crippen LogP contribution in [-0.2, 0) is 11.2 Å². The van der Waals surface area contributed by atoms with Crippen LogP contribution < -0.4 is 0 Å². The van der Waals surface area contributed by atoms with Crippen LogP contribution in [0.1, 0.15) is 46.1 Å². The summed E-state index contributed by atoms with van der Waals surface area (Å²) in [5.41, 5.74) is 1.96. The summed E-state index contributed by atoms with van der Waals surface area (Å²) in [6.45, 7) is 7.90. The molecule has 0 heterocycles. The van der Waals surface area contributed by atoms with Crippen molar-refractivity contribution in [3.63, 3.8) is 0 Å². The van der Waals surface area contributed by atoms with Gasteiger partial charge in [-0.25, -0.2) is 0 Å². The van der Waals surface area contributed by atoms with Gasteiger partial charge in [-0.05, 0) is 37.3 Å². The Kier molecular flexibility index (Phi) is 7.20. The van der Waals surface area contributed by atoms with Crippen molar-refractivity contribution in [2.75, 3.05) is 0 Å². The zero-order valence-electron chi connectivity index (χ0n) is 13.4. The first kappa shape index (κ1) is 18.0. The van der Waals surface area contributed by atoms with Crippen LogP contribution in [0.25, 0.3) is 0 Å². The lowest BCUT2D eigenvalue weighted by Crippen LogP contribution is -2.13. The number of aryl methyl sites for hydroxylation is 1. The zero-order valence-corrected chi connectivity index (χ0v) is 14.2. The molecule has 0 unspecified atom stereocenters. The predicted molar refractivity (Wildman–Crippen MR) is 91.5 cm³/mol. The van der Waals surface area contributed by atoms with Crippen LogP contribution in [-0.4, -0.2) is 21.1 Å². The van der Waals surface area contributed by atoms with Gasteiger partial charge in [0.25, 0.3) is 0 Å². The molecule has 1 rings (SSSR count). The van der Waals surface area contributed by atoms with Crippen LogP contribution in [0.3, 0.4) is 0 Å². The first-order valence-electron chi connectivity index (χ1n) is 7.40. The van der Waals surface area contributed by atoms with Crippen molar-refractivity contribution >= 4 is 16.9 Å². The van der Waals surface area contributed by atoms with E-state index in [1.807, 2.05) is 52.0 Å². The van der Waals surface area contributed by atoms with Gasteiger partial charge in [0, 0.05) is 4.75 Å². The van der Waals surface area contributed by atoms with Gasteiger partial charge >= 0.3 is 0 Å². The highest BCUT2D eigenvalue weighted by Crippen LogP contribution is 2.26. The van der Waals surface area contributed by atoms with Crippen molar-refractivity contribution in [3.05, 3.63) is 47.5 Å². The molecule has 21 heavy (non-hydrogen) atoms. The Morgan fingerprint density at radius 3 is 2.48 bits per heavy atom. The third-order valence-electron chi connectivity index (χ3n) is 3.03. The van der Waals surface area contributed by atoms with Crippen LogP contribution >= 0.6 is 11.8 Å². The summed E-state index contributed by atoms with van der Waals surface area (Å²) in [6.07, 6.45) is 3.58. The molecule has 1 N–H and O–H groups in total.